The zero-order valence-electron chi connectivity index (χ0n) is 11.1. The van der Waals surface area contributed by atoms with Crippen molar-refractivity contribution in [2.24, 2.45) is 11.8 Å². The van der Waals surface area contributed by atoms with Gasteiger partial charge in [-0.15, -0.1) is 0 Å². The Morgan fingerprint density at radius 1 is 1.21 bits per heavy atom. The van der Waals surface area contributed by atoms with Gasteiger partial charge in [0.25, 0.3) is 0 Å². The van der Waals surface area contributed by atoms with Gasteiger partial charge in [-0.25, -0.2) is 4.79 Å². The van der Waals surface area contributed by atoms with Crippen molar-refractivity contribution < 1.29 is 33.6 Å². The Hall–Kier alpha value is -1.18. The van der Waals surface area contributed by atoms with Crippen LogP contribution in [-0.2, 0) is 28.5 Å². The lowest BCUT2D eigenvalue weighted by Gasteiger charge is -2.41. The highest BCUT2D eigenvalue weighted by molar-refractivity contribution is 5.84. The third-order valence-corrected chi connectivity index (χ3v) is 4.01. The van der Waals surface area contributed by atoms with Crippen molar-refractivity contribution in [2.75, 3.05) is 21.3 Å². The van der Waals surface area contributed by atoms with E-state index in [1.165, 1.54) is 21.3 Å². The number of carbonyl (C=O) groups is 2. The number of cyclic esters (lactones) is 1. The van der Waals surface area contributed by atoms with Crippen molar-refractivity contribution in [3.8, 4) is 0 Å². The van der Waals surface area contributed by atoms with Crippen molar-refractivity contribution >= 4 is 11.9 Å². The average molecular weight is 274 g/mol. The Bertz CT molecular complexity index is 369. The number of methoxy groups -OCH3 is 3. The van der Waals surface area contributed by atoms with E-state index in [9.17, 15) is 9.59 Å². The van der Waals surface area contributed by atoms with E-state index in [1.807, 2.05) is 0 Å². The van der Waals surface area contributed by atoms with E-state index < -0.39 is 42.1 Å². The van der Waals surface area contributed by atoms with Gasteiger partial charge in [0, 0.05) is 27.2 Å². The molecule has 2 fully saturated rings. The van der Waals surface area contributed by atoms with Crippen LogP contribution < -0.4 is 0 Å². The molecule has 1 aliphatic carbocycles. The maximum Gasteiger partial charge on any atom is 0.345 e. The van der Waals surface area contributed by atoms with Gasteiger partial charge in [-0.05, 0) is 6.42 Å². The van der Waals surface area contributed by atoms with E-state index in [4.69, 9.17) is 24.1 Å². The summed E-state index contributed by atoms with van der Waals surface area (Å²) < 4.78 is 21.0. The molecule has 0 aromatic rings. The Morgan fingerprint density at radius 3 is 2.32 bits per heavy atom. The van der Waals surface area contributed by atoms with Gasteiger partial charge in [0.05, 0.1) is 18.1 Å². The second kappa shape index (κ2) is 5.44. The number of hydrogen-bond acceptors (Lipinski definition) is 6. The highest BCUT2D eigenvalue weighted by atomic mass is 16.6. The largest absolute Gasteiger partial charge is 0.478 e. The number of hydrogen-bond donors (Lipinski definition) is 1. The quantitative estimate of drug-likeness (QED) is 0.702. The fourth-order valence-electron chi connectivity index (χ4n) is 3.15. The molecule has 1 heterocycles. The molecule has 1 aliphatic heterocycles. The summed E-state index contributed by atoms with van der Waals surface area (Å²) in [6, 6.07) is 0. The molecule has 1 saturated heterocycles. The fraction of sp³-hybridized carbons (Fsp3) is 0.833. The number of aliphatic carboxylic acids is 1. The predicted octanol–water partition coefficient (Wildman–Crippen LogP) is -0.322. The van der Waals surface area contributed by atoms with E-state index in [-0.39, 0.29) is 6.10 Å². The SMILES string of the molecule is CO[C@H]1[C@H](OC)[C@@H](OC)C[C@@H]2C(=O)O[C@H](C(=O)O)[C@@H]12. The maximum atomic E-state index is 11.8. The summed E-state index contributed by atoms with van der Waals surface area (Å²) in [6.07, 6.45) is -2.11. The van der Waals surface area contributed by atoms with E-state index in [0.29, 0.717) is 6.42 Å². The highest BCUT2D eigenvalue weighted by Gasteiger charge is 2.59. The first kappa shape index (κ1) is 14.2. The summed E-state index contributed by atoms with van der Waals surface area (Å²) in [5.41, 5.74) is 0. The Morgan fingerprint density at radius 2 is 1.84 bits per heavy atom. The number of carbonyl (C=O) groups excluding carboxylic acids is 1. The molecule has 0 bridgehead atoms. The molecule has 7 nitrogen and oxygen atoms in total. The standard InChI is InChI=1S/C12H18O7/c1-16-6-4-5-7(9(18-3)8(6)17-2)10(11(13)14)19-12(5)15/h5-10H,4H2,1-3H3,(H,13,14)/t5-,6-,7+,8+,9+,10-/m0/s1. The normalized spacial score (nSPS) is 41.7. The molecule has 0 spiro atoms. The Kier molecular flexibility index (Phi) is 4.07. The molecule has 108 valence electrons. The second-order valence-electron chi connectivity index (χ2n) is 4.79. The summed E-state index contributed by atoms with van der Waals surface area (Å²) in [5, 5.41) is 9.16. The van der Waals surface area contributed by atoms with Gasteiger partial charge < -0.3 is 24.1 Å². The minimum absolute atomic E-state index is 0.323. The van der Waals surface area contributed by atoms with Crippen LogP contribution in [0.3, 0.4) is 0 Å². The molecule has 0 radical (unpaired) electrons. The number of carboxylic acid groups (broad SMARTS) is 1. The van der Waals surface area contributed by atoms with Gasteiger partial charge in [-0.3, -0.25) is 4.79 Å². The molecule has 2 aliphatic rings. The fourth-order valence-corrected chi connectivity index (χ4v) is 3.15. The number of rotatable bonds is 4. The van der Waals surface area contributed by atoms with Gasteiger partial charge in [-0.2, -0.15) is 0 Å². The van der Waals surface area contributed by atoms with E-state index in [0.717, 1.165) is 0 Å². The third-order valence-electron chi connectivity index (χ3n) is 4.01. The number of esters is 1. The van der Waals surface area contributed by atoms with E-state index in [1.54, 1.807) is 0 Å². The van der Waals surface area contributed by atoms with Gasteiger partial charge in [0.15, 0.2) is 0 Å². The van der Waals surface area contributed by atoms with Crippen LogP contribution >= 0.6 is 0 Å². The van der Waals surface area contributed by atoms with Crippen LogP contribution in [0.2, 0.25) is 0 Å². The molecule has 0 unspecified atom stereocenters. The highest BCUT2D eigenvalue weighted by Crippen LogP contribution is 2.43. The predicted molar refractivity (Wildman–Crippen MR) is 61.5 cm³/mol. The van der Waals surface area contributed by atoms with Crippen LogP contribution in [0.1, 0.15) is 6.42 Å². The van der Waals surface area contributed by atoms with Crippen molar-refractivity contribution in [1.29, 1.82) is 0 Å². The number of fused-ring (bicyclic) bond motifs is 1. The minimum atomic E-state index is -1.18. The third kappa shape index (κ3) is 2.22. The summed E-state index contributed by atoms with van der Waals surface area (Å²) in [6.45, 7) is 0. The van der Waals surface area contributed by atoms with Crippen molar-refractivity contribution in [1.82, 2.24) is 0 Å². The molecular weight excluding hydrogens is 256 g/mol. The molecule has 1 N–H and O–H groups in total. The molecule has 0 amide bonds. The van der Waals surface area contributed by atoms with Gasteiger partial charge in [-0.1, -0.05) is 0 Å². The lowest BCUT2D eigenvalue weighted by atomic mass is 9.73. The second-order valence-corrected chi connectivity index (χ2v) is 4.79. The molecule has 2 rings (SSSR count). The van der Waals surface area contributed by atoms with Crippen LogP contribution in [0.15, 0.2) is 0 Å². The molecular formula is C12H18O7. The lowest BCUT2D eigenvalue weighted by Crippen LogP contribution is -2.55. The molecule has 6 atom stereocenters. The Balaban J connectivity index is 2.33. The molecule has 1 saturated carbocycles. The average Bonchev–Trinajstić information content (AvgIpc) is 2.73. The summed E-state index contributed by atoms with van der Waals surface area (Å²) in [4.78, 5) is 23.0. The van der Waals surface area contributed by atoms with E-state index >= 15 is 0 Å². The van der Waals surface area contributed by atoms with Crippen LogP contribution in [0.25, 0.3) is 0 Å². The smallest absolute Gasteiger partial charge is 0.345 e. The van der Waals surface area contributed by atoms with E-state index in [2.05, 4.69) is 0 Å². The molecule has 7 heteroatoms. The van der Waals surface area contributed by atoms with Gasteiger partial charge in [0.1, 0.15) is 6.10 Å². The maximum absolute atomic E-state index is 11.8. The van der Waals surface area contributed by atoms with Gasteiger partial charge in [0.2, 0.25) is 6.10 Å². The van der Waals surface area contributed by atoms with Crippen molar-refractivity contribution in [3.63, 3.8) is 0 Å². The molecule has 0 aromatic carbocycles. The van der Waals surface area contributed by atoms with Crippen LogP contribution in [0.4, 0.5) is 0 Å². The van der Waals surface area contributed by atoms with Crippen LogP contribution in [0.5, 0.6) is 0 Å². The lowest BCUT2D eigenvalue weighted by molar-refractivity contribution is -0.173. The molecule has 19 heavy (non-hydrogen) atoms. The zero-order chi connectivity index (χ0) is 14.2. The summed E-state index contributed by atoms with van der Waals surface area (Å²) >= 11 is 0. The Labute approximate surface area is 110 Å². The zero-order valence-corrected chi connectivity index (χ0v) is 11.1. The van der Waals surface area contributed by atoms with Crippen molar-refractivity contribution in [3.05, 3.63) is 0 Å². The topological polar surface area (TPSA) is 91.3 Å². The van der Waals surface area contributed by atoms with Gasteiger partial charge >= 0.3 is 11.9 Å². The first-order valence-corrected chi connectivity index (χ1v) is 6.06. The number of ether oxygens (including phenoxy) is 4. The van der Waals surface area contributed by atoms with Crippen molar-refractivity contribution in [2.45, 2.75) is 30.8 Å². The number of carboxylic acids is 1. The first-order valence-electron chi connectivity index (χ1n) is 6.06. The van der Waals surface area contributed by atoms with Crippen LogP contribution in [-0.4, -0.2) is 62.8 Å². The minimum Gasteiger partial charge on any atom is -0.478 e. The summed E-state index contributed by atoms with van der Waals surface area (Å²) in [5.74, 6) is -2.74. The monoisotopic (exact) mass is 274 g/mol. The molecule has 0 aromatic heterocycles. The van der Waals surface area contributed by atoms with Crippen LogP contribution in [0, 0.1) is 11.8 Å². The first-order chi connectivity index (χ1) is 9.04. The summed E-state index contributed by atoms with van der Waals surface area (Å²) in [7, 11) is 4.50.